The average molecular weight is 278 g/mol. The normalized spacial score (nSPS) is 10.2. The van der Waals surface area contributed by atoms with Crippen LogP contribution in [0.15, 0.2) is 49.2 Å². The molecular formula is C14H10N6O. The van der Waals surface area contributed by atoms with Gasteiger partial charge in [-0.2, -0.15) is 15.0 Å². The number of benzene rings is 1. The molecule has 0 saturated carbocycles. The van der Waals surface area contributed by atoms with Gasteiger partial charge in [0, 0.05) is 23.6 Å². The molecule has 2 N–H and O–H groups in total. The van der Waals surface area contributed by atoms with Crippen molar-refractivity contribution in [2.24, 2.45) is 0 Å². The summed E-state index contributed by atoms with van der Waals surface area (Å²) in [5, 5.41) is 12.7. The van der Waals surface area contributed by atoms with Crippen molar-refractivity contribution >= 4 is 11.7 Å². The van der Waals surface area contributed by atoms with Gasteiger partial charge >= 0.3 is 0 Å². The van der Waals surface area contributed by atoms with Crippen LogP contribution >= 0.6 is 0 Å². The Morgan fingerprint density at radius 3 is 2.62 bits per heavy atom. The van der Waals surface area contributed by atoms with E-state index in [1.165, 1.54) is 6.20 Å². The molecule has 0 fully saturated rings. The monoisotopic (exact) mass is 278 g/mol. The molecule has 7 nitrogen and oxygen atoms in total. The van der Waals surface area contributed by atoms with E-state index in [1.807, 2.05) is 16.8 Å². The number of imidazole rings is 1. The Morgan fingerprint density at radius 2 is 2.05 bits per heavy atom. The van der Waals surface area contributed by atoms with Crippen molar-refractivity contribution in [1.82, 2.24) is 19.3 Å². The molecule has 0 amide bonds. The van der Waals surface area contributed by atoms with Crippen LogP contribution in [0.5, 0.6) is 0 Å². The second kappa shape index (κ2) is 4.94. The van der Waals surface area contributed by atoms with Gasteiger partial charge in [-0.15, -0.1) is 0 Å². The lowest BCUT2D eigenvalue weighted by Gasteiger charge is -2.05. The summed E-state index contributed by atoms with van der Waals surface area (Å²) in [6.07, 6.45) is 6.42. The minimum absolute atomic E-state index is 0.0428. The predicted octanol–water partition coefficient (Wildman–Crippen LogP) is 1.21. The van der Waals surface area contributed by atoms with Gasteiger partial charge < -0.3 is 10.3 Å². The number of rotatable bonds is 2. The van der Waals surface area contributed by atoms with Gasteiger partial charge in [0.05, 0.1) is 12.5 Å². The molecule has 3 rings (SSSR count). The molecule has 7 heteroatoms. The van der Waals surface area contributed by atoms with Crippen LogP contribution in [-0.2, 0) is 0 Å². The van der Waals surface area contributed by atoms with E-state index < -0.39 is 0 Å². The molecule has 0 aliphatic carbocycles. The Balaban J connectivity index is 1.92. The molecule has 0 saturated heterocycles. The highest BCUT2D eigenvalue weighted by Gasteiger charge is 2.15. The summed E-state index contributed by atoms with van der Waals surface area (Å²) in [5.74, 6) is -0.340. The number of nitriles is 1. The van der Waals surface area contributed by atoms with Gasteiger partial charge in [-0.3, -0.25) is 4.79 Å². The zero-order valence-electron chi connectivity index (χ0n) is 10.8. The van der Waals surface area contributed by atoms with Crippen molar-refractivity contribution in [3.63, 3.8) is 0 Å². The van der Waals surface area contributed by atoms with Crippen molar-refractivity contribution in [3.8, 4) is 11.8 Å². The Bertz CT molecular complexity index is 823. The van der Waals surface area contributed by atoms with Gasteiger partial charge in [0.15, 0.2) is 0 Å². The molecular weight excluding hydrogens is 268 g/mol. The van der Waals surface area contributed by atoms with Gasteiger partial charge in [0.1, 0.15) is 17.5 Å². The van der Waals surface area contributed by atoms with E-state index in [0.717, 1.165) is 10.4 Å². The van der Waals surface area contributed by atoms with Crippen molar-refractivity contribution < 1.29 is 4.79 Å². The number of nitrogens with two attached hydrogens (primary N) is 1. The van der Waals surface area contributed by atoms with Crippen LogP contribution in [0.2, 0.25) is 0 Å². The maximum Gasteiger partial charge on any atom is 0.280 e. The molecule has 1 aromatic carbocycles. The molecule has 102 valence electrons. The highest BCUT2D eigenvalue weighted by Crippen LogP contribution is 2.14. The summed E-state index contributed by atoms with van der Waals surface area (Å²) in [7, 11) is 0. The smallest absolute Gasteiger partial charge is 0.280 e. The zero-order valence-corrected chi connectivity index (χ0v) is 10.8. The van der Waals surface area contributed by atoms with Gasteiger partial charge in [-0.05, 0) is 24.3 Å². The number of nitrogens with zero attached hydrogens (tertiary/aromatic N) is 5. The first-order chi connectivity index (χ1) is 10.2. The van der Waals surface area contributed by atoms with Crippen LogP contribution in [0.25, 0.3) is 5.69 Å². The Hall–Kier alpha value is -3.40. The topological polar surface area (TPSA) is 103 Å². The van der Waals surface area contributed by atoms with E-state index >= 15 is 0 Å². The van der Waals surface area contributed by atoms with Crippen molar-refractivity contribution in [2.75, 3.05) is 5.73 Å². The maximum atomic E-state index is 12.3. The predicted molar refractivity (Wildman–Crippen MR) is 74.6 cm³/mol. The fourth-order valence-electron chi connectivity index (χ4n) is 1.92. The van der Waals surface area contributed by atoms with Gasteiger partial charge in [-0.25, -0.2) is 4.98 Å². The maximum absolute atomic E-state index is 12.3. The lowest BCUT2D eigenvalue weighted by molar-refractivity contribution is 0.0948. The minimum atomic E-state index is -0.383. The van der Waals surface area contributed by atoms with Gasteiger partial charge in [0.25, 0.3) is 5.91 Å². The summed E-state index contributed by atoms with van der Waals surface area (Å²) in [6.45, 7) is 0. The molecule has 0 aliphatic heterocycles. The Labute approximate surface area is 119 Å². The second-order valence-corrected chi connectivity index (χ2v) is 4.29. The van der Waals surface area contributed by atoms with E-state index in [4.69, 9.17) is 11.0 Å². The first-order valence-corrected chi connectivity index (χ1v) is 6.07. The van der Waals surface area contributed by atoms with Crippen LogP contribution in [0.1, 0.15) is 15.9 Å². The van der Waals surface area contributed by atoms with Gasteiger partial charge in [0.2, 0.25) is 0 Å². The molecule has 21 heavy (non-hydrogen) atoms. The first kappa shape index (κ1) is 12.6. The number of hydrogen-bond acceptors (Lipinski definition) is 5. The highest BCUT2D eigenvalue weighted by atomic mass is 16.2. The van der Waals surface area contributed by atoms with E-state index in [2.05, 4.69) is 10.1 Å². The van der Waals surface area contributed by atoms with Crippen LogP contribution in [0.3, 0.4) is 0 Å². The van der Waals surface area contributed by atoms with E-state index in [1.54, 1.807) is 36.8 Å². The molecule has 0 radical (unpaired) electrons. The lowest BCUT2D eigenvalue weighted by atomic mass is 10.2. The summed E-state index contributed by atoms with van der Waals surface area (Å²) in [6, 6.07) is 8.80. The molecule has 2 heterocycles. The van der Waals surface area contributed by atoms with E-state index in [0.29, 0.717) is 5.56 Å². The van der Waals surface area contributed by atoms with Crippen LogP contribution in [0.4, 0.5) is 5.82 Å². The Morgan fingerprint density at radius 1 is 1.29 bits per heavy atom. The summed E-state index contributed by atoms with van der Waals surface area (Å²) in [4.78, 5) is 16.2. The average Bonchev–Trinajstić information content (AvgIpc) is 3.16. The second-order valence-electron chi connectivity index (χ2n) is 4.29. The van der Waals surface area contributed by atoms with Crippen LogP contribution in [-0.4, -0.2) is 25.2 Å². The number of carbonyl (C=O) groups is 1. The molecule has 3 aromatic rings. The molecule has 0 bridgehead atoms. The largest absolute Gasteiger partial charge is 0.382 e. The zero-order chi connectivity index (χ0) is 14.8. The van der Waals surface area contributed by atoms with Crippen molar-refractivity contribution in [3.05, 3.63) is 60.3 Å². The van der Waals surface area contributed by atoms with E-state index in [9.17, 15) is 4.79 Å². The molecule has 0 spiro atoms. The third-order valence-electron chi connectivity index (χ3n) is 3.04. The summed E-state index contributed by atoms with van der Waals surface area (Å²) >= 11 is 0. The summed E-state index contributed by atoms with van der Waals surface area (Å²) in [5.41, 5.74) is 7.20. The van der Waals surface area contributed by atoms with Crippen molar-refractivity contribution in [2.45, 2.75) is 0 Å². The third kappa shape index (κ3) is 2.15. The minimum Gasteiger partial charge on any atom is -0.382 e. The van der Waals surface area contributed by atoms with E-state index in [-0.39, 0.29) is 17.3 Å². The van der Waals surface area contributed by atoms with Gasteiger partial charge in [-0.1, -0.05) is 0 Å². The molecule has 2 aromatic heterocycles. The first-order valence-electron chi connectivity index (χ1n) is 6.07. The number of aromatic nitrogens is 4. The standard InChI is InChI=1S/C14H10N6O/c15-7-11-8-18-20(13(11)16)14(21)10-1-3-12(4-2-10)19-6-5-17-9-19/h1-6,8-9H,16H2. The third-order valence-corrected chi connectivity index (χ3v) is 3.04. The molecule has 0 atom stereocenters. The van der Waals surface area contributed by atoms with Crippen LogP contribution in [0, 0.1) is 11.3 Å². The fraction of sp³-hybridized carbons (Fsp3) is 0. The Kier molecular flexibility index (Phi) is 2.97. The SMILES string of the molecule is N#Cc1cnn(C(=O)c2ccc(-n3ccnc3)cc2)c1N. The molecule has 0 unspecified atom stereocenters. The lowest BCUT2D eigenvalue weighted by Crippen LogP contribution is -2.16. The highest BCUT2D eigenvalue weighted by molar-refractivity contribution is 5.97. The number of anilines is 1. The quantitative estimate of drug-likeness (QED) is 0.759. The number of nitrogen functional groups attached to an aromatic ring is 1. The number of carbonyl (C=O) groups excluding carboxylic acids is 1. The van der Waals surface area contributed by atoms with Crippen molar-refractivity contribution in [1.29, 1.82) is 5.26 Å². The number of hydrogen-bond donors (Lipinski definition) is 1. The fourth-order valence-corrected chi connectivity index (χ4v) is 1.92. The molecule has 0 aliphatic rings. The summed E-state index contributed by atoms with van der Waals surface area (Å²) < 4.78 is 2.84. The van der Waals surface area contributed by atoms with Crippen LogP contribution < -0.4 is 5.73 Å².